The summed E-state index contributed by atoms with van der Waals surface area (Å²) in [6.45, 7) is 2.15. The van der Waals surface area contributed by atoms with Crippen LogP contribution in [0.25, 0.3) is 0 Å². The van der Waals surface area contributed by atoms with Crippen molar-refractivity contribution >= 4 is 17.9 Å². The number of nitrogens with zero attached hydrogens (tertiary/aromatic N) is 1. The second kappa shape index (κ2) is 5.07. The third-order valence-electron chi connectivity index (χ3n) is 3.62. The fourth-order valence-corrected chi connectivity index (χ4v) is 2.08. The Bertz CT molecular complexity index is 408. The van der Waals surface area contributed by atoms with Crippen molar-refractivity contribution in [2.45, 2.75) is 32.2 Å². The third-order valence-corrected chi connectivity index (χ3v) is 3.62. The maximum Gasteiger partial charge on any atom is 0.317 e. The van der Waals surface area contributed by atoms with Gasteiger partial charge in [-0.3, -0.25) is 9.59 Å². The van der Waals surface area contributed by atoms with Gasteiger partial charge in [-0.05, 0) is 26.2 Å². The molecule has 1 unspecified atom stereocenters. The molecule has 1 saturated heterocycles. The smallest absolute Gasteiger partial charge is 0.317 e. The van der Waals surface area contributed by atoms with Gasteiger partial charge in [0.25, 0.3) is 0 Å². The number of aliphatic carboxylic acids is 1. The summed E-state index contributed by atoms with van der Waals surface area (Å²) in [5.41, 5.74) is -0.881. The molecular weight excluding hydrogens is 250 g/mol. The van der Waals surface area contributed by atoms with Crippen LogP contribution in [0.1, 0.15) is 26.2 Å². The van der Waals surface area contributed by atoms with E-state index in [-0.39, 0.29) is 31.1 Å². The monoisotopic (exact) mass is 269 g/mol. The molecule has 7 nitrogen and oxygen atoms in total. The largest absolute Gasteiger partial charge is 0.481 e. The molecule has 1 aliphatic heterocycles. The maximum absolute atomic E-state index is 11.8. The summed E-state index contributed by atoms with van der Waals surface area (Å²) in [4.78, 5) is 35.7. The number of rotatable bonds is 4. The van der Waals surface area contributed by atoms with E-state index in [1.54, 1.807) is 6.92 Å². The second-order valence-electron chi connectivity index (χ2n) is 5.54. The number of urea groups is 1. The number of carboxylic acid groups (broad SMARTS) is 1. The molecule has 7 heteroatoms. The number of hydrogen-bond acceptors (Lipinski definition) is 3. The van der Waals surface area contributed by atoms with Crippen LogP contribution < -0.4 is 10.6 Å². The van der Waals surface area contributed by atoms with Gasteiger partial charge < -0.3 is 20.6 Å². The number of carbonyl (C=O) groups is 3. The number of carboxylic acids is 1. The maximum atomic E-state index is 11.8. The molecule has 106 valence electrons. The third kappa shape index (κ3) is 3.36. The number of amides is 3. The van der Waals surface area contributed by atoms with E-state index >= 15 is 0 Å². The number of likely N-dealkylation sites (tertiary alicyclic amines) is 1. The van der Waals surface area contributed by atoms with Crippen LogP contribution in [0.2, 0.25) is 0 Å². The van der Waals surface area contributed by atoms with Crippen molar-refractivity contribution in [2.24, 2.45) is 5.41 Å². The molecule has 3 N–H and O–H groups in total. The molecule has 0 bridgehead atoms. The van der Waals surface area contributed by atoms with Crippen LogP contribution in [0, 0.1) is 5.41 Å². The molecule has 1 aliphatic carbocycles. The lowest BCUT2D eigenvalue weighted by Gasteiger charge is -2.20. The van der Waals surface area contributed by atoms with Gasteiger partial charge in [-0.1, -0.05) is 0 Å². The summed E-state index contributed by atoms with van der Waals surface area (Å²) >= 11 is 0. The molecule has 1 atom stereocenters. The molecule has 1 saturated carbocycles. The Kier molecular flexibility index (Phi) is 3.64. The van der Waals surface area contributed by atoms with Crippen molar-refractivity contribution in [3.8, 4) is 0 Å². The Hall–Kier alpha value is -1.79. The minimum absolute atomic E-state index is 0.0599. The van der Waals surface area contributed by atoms with E-state index in [0.717, 1.165) is 12.8 Å². The zero-order chi connectivity index (χ0) is 14.0. The summed E-state index contributed by atoms with van der Waals surface area (Å²) < 4.78 is 0. The van der Waals surface area contributed by atoms with E-state index in [0.29, 0.717) is 13.0 Å². The van der Waals surface area contributed by atoms with Crippen molar-refractivity contribution < 1.29 is 19.5 Å². The lowest BCUT2D eigenvalue weighted by Crippen LogP contribution is -2.45. The van der Waals surface area contributed by atoms with Crippen LogP contribution in [-0.4, -0.2) is 53.6 Å². The lowest BCUT2D eigenvalue weighted by atomic mass is 9.90. The van der Waals surface area contributed by atoms with Crippen LogP contribution in [0.3, 0.4) is 0 Å². The first-order valence-electron chi connectivity index (χ1n) is 6.46. The highest BCUT2D eigenvalue weighted by Crippen LogP contribution is 2.29. The predicted molar refractivity (Wildman–Crippen MR) is 66.5 cm³/mol. The first kappa shape index (κ1) is 13.6. The summed E-state index contributed by atoms with van der Waals surface area (Å²) in [7, 11) is 0. The lowest BCUT2D eigenvalue weighted by molar-refractivity contribution is -0.147. The summed E-state index contributed by atoms with van der Waals surface area (Å²) in [6.07, 6.45) is 2.44. The van der Waals surface area contributed by atoms with Gasteiger partial charge in [0.15, 0.2) is 0 Å². The first-order chi connectivity index (χ1) is 8.90. The quantitative estimate of drug-likeness (QED) is 0.656. The highest BCUT2D eigenvalue weighted by atomic mass is 16.4. The molecule has 0 aromatic rings. The molecule has 0 aromatic carbocycles. The highest BCUT2D eigenvalue weighted by molar-refractivity contribution is 5.85. The van der Waals surface area contributed by atoms with Crippen molar-refractivity contribution in [2.75, 3.05) is 19.6 Å². The van der Waals surface area contributed by atoms with Crippen LogP contribution in [0.4, 0.5) is 4.79 Å². The van der Waals surface area contributed by atoms with Gasteiger partial charge in [0.05, 0.1) is 12.0 Å². The minimum atomic E-state index is -0.894. The van der Waals surface area contributed by atoms with Crippen molar-refractivity contribution in [3.63, 3.8) is 0 Å². The van der Waals surface area contributed by atoms with Crippen molar-refractivity contribution in [1.82, 2.24) is 15.5 Å². The Morgan fingerprint density at radius 3 is 2.58 bits per heavy atom. The van der Waals surface area contributed by atoms with Gasteiger partial charge in [0, 0.05) is 19.1 Å². The molecule has 2 rings (SSSR count). The van der Waals surface area contributed by atoms with E-state index in [1.165, 1.54) is 4.90 Å². The predicted octanol–water partition coefficient (Wildman–Crippen LogP) is -0.229. The van der Waals surface area contributed by atoms with Crippen LogP contribution in [-0.2, 0) is 9.59 Å². The first-order valence-corrected chi connectivity index (χ1v) is 6.46. The molecule has 3 amide bonds. The standard InChI is InChI=1S/C12H19N3O4/c1-12(10(17)18)4-5-15(7-12)11(19)13-6-9(16)14-8-2-3-8/h8H,2-7H2,1H3,(H,13,19)(H,14,16)(H,17,18). The molecule has 19 heavy (non-hydrogen) atoms. The topological polar surface area (TPSA) is 98.7 Å². The van der Waals surface area contributed by atoms with Crippen LogP contribution in [0.15, 0.2) is 0 Å². The fraction of sp³-hybridized carbons (Fsp3) is 0.750. The number of hydrogen-bond donors (Lipinski definition) is 3. The van der Waals surface area contributed by atoms with Gasteiger partial charge in [0.1, 0.15) is 0 Å². The Balaban J connectivity index is 1.74. The zero-order valence-corrected chi connectivity index (χ0v) is 10.9. The van der Waals surface area contributed by atoms with Crippen LogP contribution >= 0.6 is 0 Å². The Morgan fingerprint density at radius 2 is 2.05 bits per heavy atom. The SMILES string of the molecule is CC1(C(=O)O)CCN(C(=O)NCC(=O)NC2CC2)C1. The summed E-state index contributed by atoms with van der Waals surface area (Å²) in [5, 5.41) is 14.4. The molecular formula is C12H19N3O4. The molecule has 2 fully saturated rings. The van der Waals surface area contributed by atoms with Gasteiger partial charge in [-0.25, -0.2) is 4.79 Å². The van der Waals surface area contributed by atoms with Gasteiger partial charge in [-0.2, -0.15) is 0 Å². The van der Waals surface area contributed by atoms with Gasteiger partial charge in [0.2, 0.25) is 5.91 Å². The van der Waals surface area contributed by atoms with E-state index in [9.17, 15) is 14.4 Å². The van der Waals surface area contributed by atoms with E-state index in [1.807, 2.05) is 0 Å². The van der Waals surface area contributed by atoms with E-state index < -0.39 is 11.4 Å². The molecule has 0 radical (unpaired) electrons. The summed E-state index contributed by atoms with van der Waals surface area (Å²) in [6, 6.07) is -0.109. The average molecular weight is 269 g/mol. The van der Waals surface area contributed by atoms with Crippen molar-refractivity contribution in [3.05, 3.63) is 0 Å². The fourth-order valence-electron chi connectivity index (χ4n) is 2.08. The van der Waals surface area contributed by atoms with Crippen molar-refractivity contribution in [1.29, 1.82) is 0 Å². The zero-order valence-electron chi connectivity index (χ0n) is 10.9. The van der Waals surface area contributed by atoms with Gasteiger partial charge in [-0.15, -0.1) is 0 Å². The Morgan fingerprint density at radius 1 is 1.37 bits per heavy atom. The highest BCUT2D eigenvalue weighted by Gasteiger charge is 2.42. The molecule has 1 heterocycles. The summed E-state index contributed by atoms with van der Waals surface area (Å²) in [5.74, 6) is -1.09. The van der Waals surface area contributed by atoms with Gasteiger partial charge >= 0.3 is 12.0 Å². The molecule has 2 aliphatic rings. The number of nitrogens with one attached hydrogen (secondary N) is 2. The van der Waals surface area contributed by atoms with E-state index in [2.05, 4.69) is 10.6 Å². The number of carbonyl (C=O) groups excluding carboxylic acids is 2. The second-order valence-corrected chi connectivity index (χ2v) is 5.54. The normalized spacial score (nSPS) is 26.1. The van der Waals surface area contributed by atoms with E-state index in [4.69, 9.17) is 5.11 Å². The molecule has 0 spiro atoms. The average Bonchev–Trinajstić information content (AvgIpc) is 3.06. The Labute approximate surface area is 111 Å². The molecule has 0 aromatic heterocycles. The van der Waals surface area contributed by atoms with Crippen LogP contribution in [0.5, 0.6) is 0 Å². The minimum Gasteiger partial charge on any atom is -0.481 e.